The van der Waals surface area contributed by atoms with Gasteiger partial charge in [-0.3, -0.25) is 9.78 Å². The highest BCUT2D eigenvalue weighted by molar-refractivity contribution is 5.77. The summed E-state index contributed by atoms with van der Waals surface area (Å²) in [6.07, 6.45) is 4.34. The molecule has 0 radical (unpaired) electrons. The van der Waals surface area contributed by atoms with Crippen LogP contribution in [-0.4, -0.2) is 18.1 Å². The Morgan fingerprint density at radius 2 is 2.16 bits per heavy atom. The van der Waals surface area contributed by atoms with E-state index in [4.69, 9.17) is 4.74 Å². The largest absolute Gasteiger partial charge is 0.469 e. The standard InChI is InChI=1S/C20H21FN2O2/c1-11-3-6-16(21)19-13(11)5-8-18(19)23-12-4-7-17(22-10-12)14-9-15(14)20(24)25-2/h3-4,6-7,10,14-15,18,23H,5,8-9H2,1-2H3/t14?,15-,18?/m0/s1. The first-order valence-electron chi connectivity index (χ1n) is 8.66. The zero-order valence-corrected chi connectivity index (χ0v) is 14.4. The molecule has 0 aliphatic heterocycles. The predicted octanol–water partition coefficient (Wildman–Crippen LogP) is 3.91. The van der Waals surface area contributed by atoms with Gasteiger partial charge in [0.25, 0.3) is 0 Å². The first kappa shape index (κ1) is 16.1. The molecule has 130 valence electrons. The Morgan fingerprint density at radius 1 is 1.32 bits per heavy atom. The van der Waals surface area contributed by atoms with E-state index >= 15 is 0 Å². The molecule has 0 saturated heterocycles. The second kappa shape index (κ2) is 6.14. The molecule has 1 aromatic carbocycles. The Bertz CT molecular complexity index is 819. The number of hydrogen-bond acceptors (Lipinski definition) is 4. The second-order valence-corrected chi connectivity index (χ2v) is 6.94. The molecule has 3 atom stereocenters. The van der Waals surface area contributed by atoms with Gasteiger partial charge in [-0.25, -0.2) is 4.39 Å². The quantitative estimate of drug-likeness (QED) is 0.858. The van der Waals surface area contributed by atoms with Crippen LogP contribution in [0.3, 0.4) is 0 Å². The van der Waals surface area contributed by atoms with Crippen molar-refractivity contribution >= 4 is 11.7 Å². The molecule has 0 amide bonds. The van der Waals surface area contributed by atoms with E-state index in [-0.39, 0.29) is 29.7 Å². The molecule has 0 spiro atoms. The minimum atomic E-state index is -0.164. The Kier molecular flexibility index (Phi) is 3.94. The van der Waals surface area contributed by atoms with Gasteiger partial charge in [-0.2, -0.15) is 0 Å². The van der Waals surface area contributed by atoms with E-state index < -0.39 is 0 Å². The van der Waals surface area contributed by atoms with Crippen molar-refractivity contribution in [2.45, 2.75) is 38.1 Å². The molecule has 2 aliphatic rings. The van der Waals surface area contributed by atoms with Crippen molar-refractivity contribution in [3.63, 3.8) is 0 Å². The molecule has 1 N–H and O–H groups in total. The van der Waals surface area contributed by atoms with Gasteiger partial charge in [0.15, 0.2) is 0 Å². The number of ether oxygens (including phenoxy) is 1. The summed E-state index contributed by atoms with van der Waals surface area (Å²) in [6.45, 7) is 2.03. The number of nitrogens with zero attached hydrogens (tertiary/aromatic N) is 1. The van der Waals surface area contributed by atoms with E-state index in [1.807, 2.05) is 25.1 Å². The highest BCUT2D eigenvalue weighted by Gasteiger charge is 2.45. The molecule has 4 nitrogen and oxygen atoms in total. The molecule has 2 unspecified atom stereocenters. The Hall–Kier alpha value is -2.43. The predicted molar refractivity (Wildman–Crippen MR) is 92.9 cm³/mol. The third kappa shape index (κ3) is 2.88. The lowest BCUT2D eigenvalue weighted by Gasteiger charge is -2.16. The van der Waals surface area contributed by atoms with Crippen LogP contribution in [0.4, 0.5) is 10.1 Å². The number of halogens is 1. The smallest absolute Gasteiger partial charge is 0.309 e. The number of pyridine rings is 1. The lowest BCUT2D eigenvalue weighted by molar-refractivity contribution is -0.142. The van der Waals surface area contributed by atoms with E-state index in [0.29, 0.717) is 0 Å². The number of aromatic nitrogens is 1. The summed E-state index contributed by atoms with van der Waals surface area (Å²) in [5.41, 5.74) is 4.85. The van der Waals surface area contributed by atoms with Crippen LogP contribution in [0.15, 0.2) is 30.5 Å². The Morgan fingerprint density at radius 3 is 2.88 bits per heavy atom. The second-order valence-electron chi connectivity index (χ2n) is 6.94. The minimum absolute atomic E-state index is 0.0220. The van der Waals surface area contributed by atoms with E-state index in [2.05, 4.69) is 10.3 Å². The summed E-state index contributed by atoms with van der Waals surface area (Å²) in [7, 11) is 1.42. The number of anilines is 1. The zero-order chi connectivity index (χ0) is 17.6. The molecule has 1 fully saturated rings. The maximum atomic E-state index is 14.3. The number of rotatable bonds is 4. The van der Waals surface area contributed by atoms with Gasteiger partial charge < -0.3 is 10.1 Å². The van der Waals surface area contributed by atoms with Gasteiger partial charge in [0, 0.05) is 17.2 Å². The molecule has 2 aromatic rings. The fourth-order valence-electron chi connectivity index (χ4n) is 3.88. The maximum absolute atomic E-state index is 14.3. The molecule has 4 rings (SSSR count). The molecule has 2 aliphatic carbocycles. The number of methoxy groups -OCH3 is 1. The monoisotopic (exact) mass is 340 g/mol. The number of fused-ring (bicyclic) bond motifs is 1. The first-order valence-corrected chi connectivity index (χ1v) is 8.66. The van der Waals surface area contributed by atoms with Crippen LogP contribution in [0.25, 0.3) is 0 Å². The lowest BCUT2D eigenvalue weighted by atomic mass is 10.0. The fraction of sp³-hybridized carbons (Fsp3) is 0.400. The number of aryl methyl sites for hydroxylation is 1. The lowest BCUT2D eigenvalue weighted by Crippen LogP contribution is -2.09. The van der Waals surface area contributed by atoms with Crippen LogP contribution in [0.1, 0.15) is 47.2 Å². The van der Waals surface area contributed by atoms with Gasteiger partial charge in [0.1, 0.15) is 5.82 Å². The van der Waals surface area contributed by atoms with E-state index in [9.17, 15) is 9.18 Å². The molecular formula is C20H21FN2O2. The third-order valence-corrected chi connectivity index (χ3v) is 5.37. The Labute approximate surface area is 146 Å². The van der Waals surface area contributed by atoms with Crippen LogP contribution in [0.5, 0.6) is 0 Å². The van der Waals surface area contributed by atoms with Crippen LogP contribution in [0.2, 0.25) is 0 Å². The minimum Gasteiger partial charge on any atom is -0.469 e. The van der Waals surface area contributed by atoms with Crippen molar-refractivity contribution in [2.75, 3.05) is 12.4 Å². The molecule has 5 heteroatoms. The van der Waals surface area contributed by atoms with Crippen molar-refractivity contribution < 1.29 is 13.9 Å². The van der Waals surface area contributed by atoms with Crippen LogP contribution in [0, 0.1) is 18.7 Å². The van der Waals surface area contributed by atoms with E-state index in [0.717, 1.165) is 47.3 Å². The van der Waals surface area contributed by atoms with Gasteiger partial charge in [0.2, 0.25) is 0 Å². The van der Waals surface area contributed by atoms with Crippen molar-refractivity contribution in [1.29, 1.82) is 0 Å². The topological polar surface area (TPSA) is 51.2 Å². The highest BCUT2D eigenvalue weighted by atomic mass is 19.1. The molecule has 1 saturated carbocycles. The van der Waals surface area contributed by atoms with Crippen molar-refractivity contribution in [3.05, 3.63) is 58.7 Å². The summed E-state index contributed by atoms with van der Waals surface area (Å²) >= 11 is 0. The number of esters is 1. The van der Waals surface area contributed by atoms with Crippen LogP contribution in [-0.2, 0) is 16.0 Å². The summed E-state index contributed by atoms with van der Waals surface area (Å²) in [5.74, 6) is -0.203. The summed E-state index contributed by atoms with van der Waals surface area (Å²) in [6, 6.07) is 7.28. The molecular weight excluding hydrogens is 319 g/mol. The first-order chi connectivity index (χ1) is 12.1. The molecule has 0 bridgehead atoms. The van der Waals surface area contributed by atoms with Gasteiger partial charge in [0.05, 0.1) is 31.0 Å². The van der Waals surface area contributed by atoms with Gasteiger partial charge in [-0.05, 0) is 55.5 Å². The number of carbonyl (C=O) groups is 1. The van der Waals surface area contributed by atoms with E-state index in [1.54, 1.807) is 12.3 Å². The molecule has 1 aromatic heterocycles. The average Bonchev–Trinajstić information content (AvgIpc) is 3.31. The Balaban J connectivity index is 1.47. The van der Waals surface area contributed by atoms with Crippen LogP contribution >= 0.6 is 0 Å². The normalized spacial score (nSPS) is 23.9. The average molecular weight is 340 g/mol. The SMILES string of the molecule is COC(=O)[C@H]1CC1c1ccc(NC2CCc3c(C)ccc(F)c32)cn1. The zero-order valence-electron chi connectivity index (χ0n) is 14.4. The van der Waals surface area contributed by atoms with E-state index in [1.165, 1.54) is 7.11 Å². The fourth-order valence-corrected chi connectivity index (χ4v) is 3.88. The van der Waals surface area contributed by atoms with Crippen molar-refractivity contribution in [2.24, 2.45) is 5.92 Å². The number of carbonyl (C=O) groups excluding carboxylic acids is 1. The number of hydrogen-bond donors (Lipinski definition) is 1. The molecule has 25 heavy (non-hydrogen) atoms. The van der Waals surface area contributed by atoms with Gasteiger partial charge in [-0.15, -0.1) is 0 Å². The van der Waals surface area contributed by atoms with Crippen molar-refractivity contribution in [1.82, 2.24) is 4.98 Å². The third-order valence-electron chi connectivity index (χ3n) is 5.37. The van der Waals surface area contributed by atoms with Crippen LogP contribution < -0.4 is 5.32 Å². The van der Waals surface area contributed by atoms with Gasteiger partial charge >= 0.3 is 5.97 Å². The number of benzene rings is 1. The maximum Gasteiger partial charge on any atom is 0.309 e. The highest BCUT2D eigenvalue weighted by Crippen LogP contribution is 2.47. The van der Waals surface area contributed by atoms with Gasteiger partial charge in [-0.1, -0.05) is 6.07 Å². The summed E-state index contributed by atoms with van der Waals surface area (Å²) < 4.78 is 19.0. The summed E-state index contributed by atoms with van der Waals surface area (Å²) in [5, 5.41) is 3.40. The summed E-state index contributed by atoms with van der Waals surface area (Å²) in [4.78, 5) is 16.0. The number of nitrogens with one attached hydrogen (secondary N) is 1. The van der Waals surface area contributed by atoms with Crippen molar-refractivity contribution in [3.8, 4) is 0 Å². The molecule has 1 heterocycles.